The Bertz CT molecular complexity index is 618. The zero-order chi connectivity index (χ0) is 16.0. The number of nitrogens with one attached hydrogen (secondary N) is 1. The summed E-state index contributed by atoms with van der Waals surface area (Å²) >= 11 is 0. The van der Waals surface area contributed by atoms with Gasteiger partial charge in [0.15, 0.2) is 11.6 Å². The number of sulfonamides is 1. The first kappa shape index (κ1) is 17.5. The number of carbonyl (C=O) groups is 1. The number of carboxylic acids is 1. The fourth-order valence-electron chi connectivity index (χ4n) is 1.58. The van der Waals surface area contributed by atoms with Crippen molar-refractivity contribution < 1.29 is 32.2 Å². The zero-order valence-electron chi connectivity index (χ0n) is 11.0. The molecule has 0 aliphatic rings. The Morgan fingerprint density at radius 2 is 1.86 bits per heavy atom. The van der Waals surface area contributed by atoms with Gasteiger partial charge >= 0.3 is 5.97 Å². The molecule has 3 N–H and O–H groups in total. The van der Waals surface area contributed by atoms with Gasteiger partial charge in [-0.2, -0.15) is 0 Å². The third-order valence-electron chi connectivity index (χ3n) is 2.66. The van der Waals surface area contributed by atoms with Crippen LogP contribution in [0.3, 0.4) is 0 Å². The van der Waals surface area contributed by atoms with Crippen molar-refractivity contribution in [3.63, 3.8) is 0 Å². The second-order valence-corrected chi connectivity index (χ2v) is 5.99. The summed E-state index contributed by atoms with van der Waals surface area (Å²) in [5, 5.41) is 17.3. The topological polar surface area (TPSA) is 104 Å². The Labute approximate surface area is 120 Å². The lowest BCUT2D eigenvalue weighted by molar-refractivity contribution is 0.0696. The van der Waals surface area contributed by atoms with E-state index in [0.29, 0.717) is 31.4 Å². The van der Waals surface area contributed by atoms with E-state index >= 15 is 0 Å². The van der Waals surface area contributed by atoms with Crippen molar-refractivity contribution in [2.75, 3.05) is 13.2 Å². The van der Waals surface area contributed by atoms with Crippen LogP contribution in [0, 0.1) is 11.6 Å². The molecule has 1 aromatic rings. The van der Waals surface area contributed by atoms with E-state index < -0.39 is 38.1 Å². The fourth-order valence-corrected chi connectivity index (χ4v) is 2.76. The van der Waals surface area contributed by atoms with Gasteiger partial charge in [0, 0.05) is 13.2 Å². The minimum absolute atomic E-state index is 0.0206. The summed E-state index contributed by atoms with van der Waals surface area (Å²) in [6, 6.07) is 0.981. The summed E-state index contributed by atoms with van der Waals surface area (Å²) in [7, 11) is -4.35. The summed E-state index contributed by atoms with van der Waals surface area (Å²) in [6.45, 7) is -0.0477. The molecule has 0 unspecified atom stereocenters. The molecular weight excluding hydrogens is 308 g/mol. The summed E-state index contributed by atoms with van der Waals surface area (Å²) in [5.74, 6) is -4.73. The smallest absolute Gasteiger partial charge is 0.335 e. The van der Waals surface area contributed by atoms with Crippen LogP contribution in [0.5, 0.6) is 0 Å². The molecule has 0 amide bonds. The highest BCUT2D eigenvalue weighted by Gasteiger charge is 2.24. The Balaban J connectivity index is 2.94. The van der Waals surface area contributed by atoms with E-state index in [-0.39, 0.29) is 13.2 Å². The van der Waals surface area contributed by atoms with Crippen LogP contribution in [0.15, 0.2) is 17.0 Å². The highest BCUT2D eigenvalue weighted by molar-refractivity contribution is 7.89. The van der Waals surface area contributed by atoms with Crippen LogP contribution in [-0.2, 0) is 10.0 Å². The molecule has 0 bridgehead atoms. The molecule has 1 rings (SSSR count). The van der Waals surface area contributed by atoms with E-state index in [1.807, 2.05) is 0 Å². The first-order valence-corrected chi connectivity index (χ1v) is 7.60. The Kier molecular flexibility index (Phi) is 6.19. The van der Waals surface area contributed by atoms with Gasteiger partial charge in [0.1, 0.15) is 4.90 Å². The number of halogens is 2. The van der Waals surface area contributed by atoms with Crippen molar-refractivity contribution in [1.82, 2.24) is 4.72 Å². The summed E-state index contributed by atoms with van der Waals surface area (Å²) < 4.78 is 52.6. The number of aliphatic hydroxyl groups is 1. The molecule has 0 heterocycles. The second-order valence-electron chi connectivity index (χ2n) is 4.26. The van der Waals surface area contributed by atoms with Gasteiger partial charge in [-0.1, -0.05) is 0 Å². The van der Waals surface area contributed by atoms with E-state index in [2.05, 4.69) is 4.72 Å². The average molecular weight is 323 g/mol. The van der Waals surface area contributed by atoms with Crippen LogP contribution >= 0.6 is 0 Å². The molecule has 0 atom stereocenters. The van der Waals surface area contributed by atoms with Gasteiger partial charge < -0.3 is 10.2 Å². The molecule has 0 saturated heterocycles. The number of hydrogen-bond donors (Lipinski definition) is 3. The van der Waals surface area contributed by atoms with Gasteiger partial charge in [-0.3, -0.25) is 0 Å². The summed E-state index contributed by atoms with van der Waals surface area (Å²) in [6.07, 6.45) is 1.47. The summed E-state index contributed by atoms with van der Waals surface area (Å²) in [4.78, 5) is 9.71. The highest BCUT2D eigenvalue weighted by Crippen LogP contribution is 2.20. The Hall–Kier alpha value is -1.58. The quantitative estimate of drug-likeness (QED) is 0.622. The zero-order valence-corrected chi connectivity index (χ0v) is 11.8. The third-order valence-corrected chi connectivity index (χ3v) is 4.12. The van der Waals surface area contributed by atoms with Crippen molar-refractivity contribution in [3.8, 4) is 0 Å². The van der Waals surface area contributed by atoms with Crippen molar-refractivity contribution in [2.24, 2.45) is 0 Å². The van der Waals surface area contributed by atoms with Crippen molar-refractivity contribution in [1.29, 1.82) is 0 Å². The van der Waals surface area contributed by atoms with E-state index in [4.69, 9.17) is 10.2 Å². The van der Waals surface area contributed by atoms with Crippen LogP contribution in [0.2, 0.25) is 0 Å². The monoisotopic (exact) mass is 323 g/mol. The van der Waals surface area contributed by atoms with Crippen molar-refractivity contribution in [3.05, 3.63) is 29.3 Å². The van der Waals surface area contributed by atoms with Gasteiger partial charge in [-0.05, 0) is 31.4 Å². The molecule has 118 valence electrons. The van der Waals surface area contributed by atoms with E-state index in [9.17, 15) is 22.0 Å². The maximum Gasteiger partial charge on any atom is 0.335 e. The number of hydrogen-bond acceptors (Lipinski definition) is 4. The van der Waals surface area contributed by atoms with Crippen molar-refractivity contribution in [2.45, 2.75) is 24.2 Å². The average Bonchev–Trinajstić information content (AvgIpc) is 2.40. The molecule has 0 saturated carbocycles. The molecule has 0 fully saturated rings. The number of benzene rings is 1. The van der Waals surface area contributed by atoms with Gasteiger partial charge in [-0.25, -0.2) is 26.7 Å². The molecule has 6 nitrogen and oxygen atoms in total. The van der Waals surface area contributed by atoms with Crippen LogP contribution in [0.4, 0.5) is 8.78 Å². The number of unbranched alkanes of at least 4 members (excludes halogenated alkanes) is 2. The van der Waals surface area contributed by atoms with Crippen LogP contribution in [0.25, 0.3) is 0 Å². The molecule has 0 spiro atoms. The molecule has 0 aromatic heterocycles. The Morgan fingerprint density at radius 1 is 1.19 bits per heavy atom. The molecule has 9 heteroatoms. The minimum Gasteiger partial charge on any atom is -0.478 e. The van der Waals surface area contributed by atoms with E-state index in [1.54, 1.807) is 0 Å². The van der Waals surface area contributed by atoms with E-state index in [0.717, 1.165) is 0 Å². The Morgan fingerprint density at radius 3 is 2.43 bits per heavy atom. The van der Waals surface area contributed by atoms with Crippen molar-refractivity contribution >= 4 is 16.0 Å². The lowest BCUT2D eigenvalue weighted by Gasteiger charge is -2.09. The number of carboxylic acid groups (broad SMARTS) is 1. The van der Waals surface area contributed by atoms with Gasteiger partial charge in [0.05, 0.1) is 5.56 Å². The number of aromatic carboxylic acids is 1. The lowest BCUT2D eigenvalue weighted by atomic mass is 10.2. The van der Waals surface area contributed by atoms with Crippen LogP contribution < -0.4 is 4.72 Å². The van der Waals surface area contributed by atoms with E-state index in [1.165, 1.54) is 0 Å². The molecular formula is C12H15F2NO5S. The maximum absolute atomic E-state index is 13.6. The number of aliphatic hydroxyl groups excluding tert-OH is 1. The maximum atomic E-state index is 13.6. The van der Waals surface area contributed by atoms with Crippen LogP contribution in [0.1, 0.15) is 29.6 Å². The van der Waals surface area contributed by atoms with Gasteiger partial charge in [0.2, 0.25) is 10.0 Å². The fraction of sp³-hybridized carbons (Fsp3) is 0.417. The highest BCUT2D eigenvalue weighted by atomic mass is 32.2. The number of rotatable bonds is 8. The lowest BCUT2D eigenvalue weighted by Crippen LogP contribution is -2.26. The SMILES string of the molecule is O=C(O)c1cc(F)c(F)c(S(=O)(=O)NCCCCCO)c1. The van der Waals surface area contributed by atoms with Gasteiger partial charge in [0.25, 0.3) is 0 Å². The molecule has 21 heavy (non-hydrogen) atoms. The molecule has 0 radical (unpaired) electrons. The second kappa shape index (κ2) is 7.43. The standard InChI is InChI=1S/C12H15F2NO5S/c13-9-6-8(12(17)18)7-10(11(9)14)21(19,20)15-4-2-1-3-5-16/h6-7,15-16H,1-5H2,(H,17,18). The summed E-state index contributed by atoms with van der Waals surface area (Å²) in [5.41, 5.74) is -0.658. The predicted octanol–water partition coefficient (Wildman–Crippen LogP) is 1.10. The first-order chi connectivity index (χ1) is 9.79. The predicted molar refractivity (Wildman–Crippen MR) is 69.4 cm³/mol. The molecule has 0 aliphatic heterocycles. The normalized spacial score (nSPS) is 11.6. The molecule has 0 aliphatic carbocycles. The van der Waals surface area contributed by atoms with Crippen LogP contribution in [-0.4, -0.2) is 37.8 Å². The third kappa shape index (κ3) is 4.73. The largest absolute Gasteiger partial charge is 0.478 e. The molecule has 1 aromatic carbocycles. The minimum atomic E-state index is -4.35. The first-order valence-electron chi connectivity index (χ1n) is 6.12. The van der Waals surface area contributed by atoms with Gasteiger partial charge in [-0.15, -0.1) is 0 Å².